The van der Waals surface area contributed by atoms with Crippen LogP contribution in [0.4, 0.5) is 4.79 Å². The van der Waals surface area contributed by atoms with Gasteiger partial charge in [-0.3, -0.25) is 4.90 Å². The molecule has 1 amide bonds. The van der Waals surface area contributed by atoms with E-state index in [9.17, 15) is 9.36 Å². The van der Waals surface area contributed by atoms with Crippen LogP contribution in [0.25, 0.3) is 0 Å². The summed E-state index contributed by atoms with van der Waals surface area (Å²) in [6, 6.07) is 20.2. The fourth-order valence-corrected chi connectivity index (χ4v) is 9.04. The molecule has 0 unspecified atom stereocenters. The van der Waals surface area contributed by atoms with E-state index in [4.69, 9.17) is 4.74 Å². The van der Waals surface area contributed by atoms with Crippen LogP contribution in [0, 0.1) is 0 Å². The first-order chi connectivity index (χ1) is 13.7. The minimum Gasteiger partial charge on any atom is -0.452 e. The van der Waals surface area contributed by atoms with E-state index in [-0.39, 0.29) is 11.3 Å². The molecule has 2 heterocycles. The molecular formula is C23H26NO3P. The van der Waals surface area contributed by atoms with Crippen molar-refractivity contribution in [3.05, 3.63) is 83.3 Å². The van der Waals surface area contributed by atoms with E-state index in [1.54, 1.807) is 4.90 Å². The Hall–Kier alpha value is -2.32. The van der Waals surface area contributed by atoms with Crippen molar-refractivity contribution < 1.29 is 14.1 Å². The molecule has 0 saturated carbocycles. The zero-order valence-electron chi connectivity index (χ0n) is 16.2. The van der Waals surface area contributed by atoms with Crippen LogP contribution < -0.4 is 0 Å². The Labute approximate surface area is 166 Å². The molecule has 4 rings (SSSR count). The van der Waals surface area contributed by atoms with Crippen LogP contribution in [0.5, 0.6) is 0 Å². The smallest absolute Gasteiger partial charge is 0.414 e. The lowest BCUT2D eigenvalue weighted by Gasteiger charge is -2.36. The van der Waals surface area contributed by atoms with Gasteiger partial charge in [-0.2, -0.15) is 0 Å². The molecule has 2 aromatic rings. The maximum absolute atomic E-state index is 14.9. The third kappa shape index (κ3) is 3.20. The predicted molar refractivity (Wildman–Crippen MR) is 112 cm³/mol. The van der Waals surface area contributed by atoms with Crippen molar-refractivity contribution in [2.45, 2.75) is 37.0 Å². The molecule has 1 fully saturated rings. The molecular weight excluding hydrogens is 369 g/mol. The van der Waals surface area contributed by atoms with Crippen molar-refractivity contribution in [3.8, 4) is 0 Å². The largest absolute Gasteiger partial charge is 0.452 e. The minimum atomic E-state index is -2.95. The van der Waals surface area contributed by atoms with Crippen LogP contribution in [0.3, 0.4) is 0 Å². The average Bonchev–Trinajstić information content (AvgIpc) is 3.12. The number of hydrogen-bond acceptors (Lipinski definition) is 3. The standard InChI is InChI=1S/C23H26NO3P/c1-27-23(25)24-17-9-8-14-22(24)28(26)20(18-10-4-2-5-11-18)15-16-21(28)19-12-6-3-7-13-19/h2-7,10-14,20-21H,8-9,15-17H2,1H3/t20-,21-/m1/s1. The third-order valence-electron chi connectivity index (χ3n) is 5.95. The van der Waals surface area contributed by atoms with Gasteiger partial charge >= 0.3 is 6.09 Å². The van der Waals surface area contributed by atoms with Crippen LogP contribution >= 0.6 is 7.14 Å². The maximum Gasteiger partial charge on any atom is 0.414 e. The highest BCUT2D eigenvalue weighted by molar-refractivity contribution is 7.69. The van der Waals surface area contributed by atoms with E-state index < -0.39 is 13.2 Å². The van der Waals surface area contributed by atoms with Crippen molar-refractivity contribution >= 4 is 13.2 Å². The third-order valence-corrected chi connectivity index (χ3v) is 10.1. The number of amides is 1. The fraction of sp³-hybridized carbons (Fsp3) is 0.348. The molecule has 2 aliphatic rings. The van der Waals surface area contributed by atoms with Crippen LogP contribution in [-0.4, -0.2) is 24.6 Å². The fourth-order valence-electron chi connectivity index (χ4n) is 4.69. The normalized spacial score (nSPS) is 23.9. The van der Waals surface area contributed by atoms with Gasteiger partial charge in [-0.25, -0.2) is 4.79 Å². The van der Waals surface area contributed by atoms with Gasteiger partial charge in [0.15, 0.2) is 0 Å². The predicted octanol–water partition coefficient (Wildman–Crippen LogP) is 6.33. The number of hydrogen-bond donors (Lipinski definition) is 0. The van der Waals surface area contributed by atoms with Gasteiger partial charge in [0.1, 0.15) is 7.14 Å². The zero-order chi connectivity index (χ0) is 19.6. The summed E-state index contributed by atoms with van der Waals surface area (Å²) in [6.07, 6.45) is 5.03. The summed E-state index contributed by atoms with van der Waals surface area (Å²) in [6.45, 7) is 0.561. The zero-order valence-corrected chi connectivity index (χ0v) is 17.1. The van der Waals surface area contributed by atoms with Crippen molar-refractivity contribution in [1.82, 2.24) is 4.90 Å². The van der Waals surface area contributed by atoms with Crippen molar-refractivity contribution in [2.75, 3.05) is 13.7 Å². The van der Waals surface area contributed by atoms with Gasteiger partial charge in [-0.05, 0) is 36.8 Å². The Morgan fingerprint density at radius 1 is 0.964 bits per heavy atom. The highest BCUT2D eigenvalue weighted by Crippen LogP contribution is 2.81. The number of methoxy groups -OCH3 is 1. The highest BCUT2D eigenvalue weighted by atomic mass is 31.2. The Morgan fingerprint density at radius 2 is 1.50 bits per heavy atom. The molecule has 2 atom stereocenters. The SMILES string of the molecule is COC(=O)N1CCCC=C1P1(=O)[C@@H](c2ccccc2)CC[C@@H]1c1ccccc1. The van der Waals surface area contributed by atoms with Crippen molar-refractivity contribution in [3.63, 3.8) is 0 Å². The second kappa shape index (κ2) is 7.97. The van der Waals surface area contributed by atoms with Crippen LogP contribution in [0.15, 0.2) is 72.2 Å². The second-order valence-electron chi connectivity index (χ2n) is 7.47. The summed E-state index contributed by atoms with van der Waals surface area (Å²) >= 11 is 0. The molecule has 146 valence electrons. The van der Waals surface area contributed by atoms with E-state index in [1.165, 1.54) is 7.11 Å². The van der Waals surface area contributed by atoms with Crippen LogP contribution in [0.1, 0.15) is 48.1 Å². The van der Waals surface area contributed by atoms with E-state index in [0.29, 0.717) is 12.0 Å². The van der Waals surface area contributed by atoms with E-state index in [0.717, 1.165) is 36.8 Å². The Bertz CT molecular complexity index is 858. The van der Waals surface area contributed by atoms with Crippen LogP contribution in [0.2, 0.25) is 0 Å². The number of nitrogens with zero attached hydrogens (tertiary/aromatic N) is 1. The van der Waals surface area contributed by atoms with Crippen LogP contribution in [-0.2, 0) is 9.30 Å². The maximum atomic E-state index is 14.9. The number of allylic oxidation sites excluding steroid dienone is 1. The molecule has 0 spiro atoms. The summed E-state index contributed by atoms with van der Waals surface area (Å²) < 4.78 is 20.0. The molecule has 0 radical (unpaired) electrons. The average molecular weight is 395 g/mol. The number of carbonyl (C=O) groups excluding carboxylic acids is 1. The molecule has 0 bridgehead atoms. The number of rotatable bonds is 3. The molecule has 1 saturated heterocycles. The Kier molecular flexibility index (Phi) is 5.41. The first kappa shape index (κ1) is 19.0. The summed E-state index contributed by atoms with van der Waals surface area (Å²) in [5.41, 5.74) is 2.75. The molecule has 4 nitrogen and oxygen atoms in total. The first-order valence-corrected chi connectivity index (χ1v) is 11.8. The van der Waals surface area contributed by atoms with E-state index >= 15 is 0 Å². The molecule has 2 aromatic carbocycles. The van der Waals surface area contributed by atoms with Gasteiger partial charge in [0.25, 0.3) is 0 Å². The molecule has 2 aliphatic heterocycles. The summed E-state index contributed by atoms with van der Waals surface area (Å²) in [7, 11) is -1.56. The quantitative estimate of drug-likeness (QED) is 0.571. The first-order valence-electron chi connectivity index (χ1n) is 9.91. The molecule has 0 aromatic heterocycles. The number of carbonyl (C=O) groups is 1. The second-order valence-corrected chi connectivity index (χ2v) is 10.6. The lowest BCUT2D eigenvalue weighted by atomic mass is 10.0. The topological polar surface area (TPSA) is 46.6 Å². The molecule has 28 heavy (non-hydrogen) atoms. The van der Waals surface area contributed by atoms with Gasteiger partial charge in [-0.1, -0.05) is 66.7 Å². The summed E-state index contributed by atoms with van der Waals surface area (Å²) in [5.74, 6) is 0. The Balaban J connectivity index is 1.85. The molecule has 5 heteroatoms. The number of benzene rings is 2. The van der Waals surface area contributed by atoms with Gasteiger partial charge in [0.05, 0.1) is 12.5 Å². The Morgan fingerprint density at radius 3 is 2.00 bits per heavy atom. The van der Waals surface area contributed by atoms with Gasteiger partial charge < -0.3 is 9.30 Å². The number of ether oxygens (including phenoxy) is 1. The lowest BCUT2D eigenvalue weighted by Crippen LogP contribution is -2.34. The monoisotopic (exact) mass is 395 g/mol. The highest BCUT2D eigenvalue weighted by Gasteiger charge is 2.52. The van der Waals surface area contributed by atoms with E-state index in [1.807, 2.05) is 42.5 Å². The minimum absolute atomic E-state index is 0.0737. The molecule has 0 aliphatic carbocycles. The lowest BCUT2D eigenvalue weighted by molar-refractivity contribution is 0.136. The van der Waals surface area contributed by atoms with Gasteiger partial charge in [0, 0.05) is 17.9 Å². The van der Waals surface area contributed by atoms with Gasteiger partial charge in [0.2, 0.25) is 0 Å². The van der Waals surface area contributed by atoms with E-state index in [2.05, 4.69) is 24.3 Å². The van der Waals surface area contributed by atoms with Gasteiger partial charge in [-0.15, -0.1) is 0 Å². The van der Waals surface area contributed by atoms with Crippen molar-refractivity contribution in [1.29, 1.82) is 0 Å². The summed E-state index contributed by atoms with van der Waals surface area (Å²) in [4.78, 5) is 14.1. The molecule has 0 N–H and O–H groups in total. The van der Waals surface area contributed by atoms with Crippen molar-refractivity contribution in [2.24, 2.45) is 0 Å². The summed E-state index contributed by atoms with van der Waals surface area (Å²) in [5, 5.41) is 0.